The molecule has 2 heteroatoms. The summed E-state index contributed by atoms with van der Waals surface area (Å²) in [6, 6.07) is 17.5. The summed E-state index contributed by atoms with van der Waals surface area (Å²) < 4.78 is 0. The molecule has 120 valence electrons. The zero-order valence-electron chi connectivity index (χ0n) is 14.9. The third-order valence-electron chi connectivity index (χ3n) is 4.49. The predicted molar refractivity (Wildman–Crippen MR) is 104 cm³/mol. The van der Waals surface area contributed by atoms with Gasteiger partial charge in [-0.1, -0.05) is 73.8 Å². The van der Waals surface area contributed by atoms with E-state index in [0.29, 0.717) is 5.54 Å². The van der Waals surface area contributed by atoms with Gasteiger partial charge in [0.1, 0.15) is 8.24 Å². The highest BCUT2D eigenvalue weighted by Gasteiger charge is 2.37. The Bertz CT molecular complexity index is 723. The molecule has 0 saturated heterocycles. The number of rotatable bonds is 3. The monoisotopic (exact) mass is 321 g/mol. The first-order chi connectivity index (χ1) is 10.8. The summed E-state index contributed by atoms with van der Waals surface area (Å²) in [4.78, 5) is 3.93. The van der Waals surface area contributed by atoms with E-state index in [2.05, 4.69) is 99.5 Å². The van der Waals surface area contributed by atoms with Gasteiger partial charge in [-0.3, -0.25) is 0 Å². The quantitative estimate of drug-likeness (QED) is 0.726. The van der Waals surface area contributed by atoms with E-state index < -0.39 is 8.24 Å². The lowest BCUT2D eigenvalue weighted by Crippen LogP contribution is -2.57. The van der Waals surface area contributed by atoms with Crippen LogP contribution >= 0.6 is 0 Å². The minimum absolute atomic E-state index is 0.156. The van der Waals surface area contributed by atoms with Crippen LogP contribution in [0.4, 0.5) is 0 Å². The van der Waals surface area contributed by atoms with Crippen molar-refractivity contribution in [3.8, 4) is 11.1 Å². The molecular weight excluding hydrogens is 294 g/mol. The van der Waals surface area contributed by atoms with Crippen LogP contribution in [0.5, 0.6) is 0 Å². The second kappa shape index (κ2) is 5.77. The maximum absolute atomic E-state index is 3.93. The molecule has 2 aromatic carbocycles. The van der Waals surface area contributed by atoms with Crippen molar-refractivity contribution in [2.75, 3.05) is 0 Å². The Morgan fingerprint density at radius 3 is 2.26 bits per heavy atom. The van der Waals surface area contributed by atoms with E-state index in [-0.39, 0.29) is 5.54 Å². The van der Waals surface area contributed by atoms with Crippen LogP contribution in [0.2, 0.25) is 13.1 Å². The maximum atomic E-state index is 3.93. The minimum Gasteiger partial charge on any atom is -0.332 e. The van der Waals surface area contributed by atoms with E-state index in [0.717, 1.165) is 0 Å². The Balaban J connectivity index is 2.01. The number of nitrogens with one attached hydrogen (secondary N) is 1. The van der Waals surface area contributed by atoms with Crippen LogP contribution in [0, 0.1) is 0 Å². The van der Waals surface area contributed by atoms with Gasteiger partial charge in [-0.2, -0.15) is 0 Å². The second-order valence-electron chi connectivity index (χ2n) is 8.11. The van der Waals surface area contributed by atoms with Gasteiger partial charge < -0.3 is 4.98 Å². The van der Waals surface area contributed by atoms with Crippen molar-refractivity contribution in [1.29, 1.82) is 0 Å². The molecular formula is C21H27NSi. The zero-order valence-corrected chi connectivity index (χ0v) is 15.9. The molecule has 1 atom stereocenters. The third-order valence-corrected chi connectivity index (χ3v) is 7.94. The van der Waals surface area contributed by atoms with Gasteiger partial charge in [-0.05, 0) is 43.0 Å². The summed E-state index contributed by atoms with van der Waals surface area (Å²) in [7, 11) is -1.62. The summed E-state index contributed by atoms with van der Waals surface area (Å²) in [5.74, 6) is 0. The summed E-state index contributed by atoms with van der Waals surface area (Å²) in [6.45, 7) is 11.7. The summed E-state index contributed by atoms with van der Waals surface area (Å²) in [5.41, 5.74) is 6.23. The molecule has 1 aliphatic rings. The SMILES string of the molecule is CC(C)(C)N[Si](C)(C)C1C=Cc2c(-c3ccccc3)cccc21. The fourth-order valence-corrected chi connectivity index (χ4v) is 7.57. The molecule has 1 unspecified atom stereocenters. The molecule has 0 saturated carbocycles. The van der Waals surface area contributed by atoms with Crippen LogP contribution in [-0.4, -0.2) is 13.8 Å². The summed E-state index contributed by atoms with van der Waals surface area (Å²) in [5, 5.41) is 0. The molecule has 0 spiro atoms. The Hall–Kier alpha value is -1.64. The lowest BCUT2D eigenvalue weighted by atomic mass is 9.97. The second-order valence-corrected chi connectivity index (χ2v) is 12.4. The molecule has 1 aliphatic carbocycles. The number of hydrogen-bond acceptors (Lipinski definition) is 1. The van der Waals surface area contributed by atoms with E-state index in [1.54, 1.807) is 0 Å². The van der Waals surface area contributed by atoms with Crippen molar-refractivity contribution in [2.45, 2.75) is 44.9 Å². The number of allylic oxidation sites excluding steroid dienone is 1. The van der Waals surface area contributed by atoms with Crippen molar-refractivity contribution in [3.63, 3.8) is 0 Å². The van der Waals surface area contributed by atoms with Crippen molar-refractivity contribution in [3.05, 3.63) is 65.7 Å². The lowest BCUT2D eigenvalue weighted by Gasteiger charge is -2.37. The van der Waals surface area contributed by atoms with E-state index in [4.69, 9.17) is 0 Å². The van der Waals surface area contributed by atoms with Crippen molar-refractivity contribution < 1.29 is 0 Å². The molecule has 0 aromatic heterocycles. The third kappa shape index (κ3) is 3.33. The highest BCUT2D eigenvalue weighted by Crippen LogP contribution is 2.40. The molecule has 23 heavy (non-hydrogen) atoms. The standard InChI is InChI=1S/C21H27NSi/c1-21(2,3)22-23(4,5)20-15-14-18-17(12-9-13-19(18)20)16-10-7-6-8-11-16/h6-15,20,22H,1-5H3. The molecule has 2 aromatic rings. The van der Waals surface area contributed by atoms with Gasteiger partial charge in [0.15, 0.2) is 0 Å². The molecule has 0 aliphatic heterocycles. The summed E-state index contributed by atoms with van der Waals surface area (Å²) in [6.07, 6.45) is 4.75. The molecule has 1 nitrogen and oxygen atoms in total. The van der Waals surface area contributed by atoms with Crippen LogP contribution in [0.25, 0.3) is 17.2 Å². The van der Waals surface area contributed by atoms with E-state index in [1.165, 1.54) is 22.3 Å². The topological polar surface area (TPSA) is 12.0 Å². The first-order valence-electron chi connectivity index (χ1n) is 8.44. The molecule has 1 N–H and O–H groups in total. The molecule has 0 heterocycles. The predicted octanol–water partition coefficient (Wildman–Crippen LogP) is 5.60. The van der Waals surface area contributed by atoms with Crippen LogP contribution in [-0.2, 0) is 0 Å². The smallest absolute Gasteiger partial charge is 0.131 e. The molecule has 3 rings (SSSR count). The van der Waals surface area contributed by atoms with Crippen LogP contribution in [0.15, 0.2) is 54.6 Å². The Morgan fingerprint density at radius 2 is 1.61 bits per heavy atom. The molecule has 0 radical (unpaired) electrons. The Kier molecular flexibility index (Phi) is 4.07. The maximum Gasteiger partial charge on any atom is 0.131 e. The van der Waals surface area contributed by atoms with Crippen LogP contribution in [0.3, 0.4) is 0 Å². The van der Waals surface area contributed by atoms with E-state index in [9.17, 15) is 0 Å². The van der Waals surface area contributed by atoms with Gasteiger partial charge in [0.25, 0.3) is 0 Å². The number of hydrogen-bond donors (Lipinski definition) is 1. The van der Waals surface area contributed by atoms with Gasteiger partial charge in [0.2, 0.25) is 0 Å². The number of benzene rings is 2. The van der Waals surface area contributed by atoms with Gasteiger partial charge in [-0.25, -0.2) is 0 Å². The molecule has 0 bridgehead atoms. The highest BCUT2D eigenvalue weighted by atomic mass is 28.3. The fraction of sp³-hybridized carbons (Fsp3) is 0.333. The first kappa shape index (κ1) is 16.2. The van der Waals surface area contributed by atoms with Crippen LogP contribution in [0.1, 0.15) is 37.4 Å². The van der Waals surface area contributed by atoms with Gasteiger partial charge in [0.05, 0.1) is 0 Å². The van der Waals surface area contributed by atoms with Crippen molar-refractivity contribution in [1.82, 2.24) is 4.98 Å². The molecule has 0 amide bonds. The Labute approximate surface area is 141 Å². The largest absolute Gasteiger partial charge is 0.332 e. The van der Waals surface area contributed by atoms with E-state index in [1.807, 2.05) is 0 Å². The Morgan fingerprint density at radius 1 is 0.913 bits per heavy atom. The van der Waals surface area contributed by atoms with E-state index >= 15 is 0 Å². The lowest BCUT2D eigenvalue weighted by molar-refractivity contribution is 0.509. The normalized spacial score (nSPS) is 17.3. The zero-order chi connectivity index (χ0) is 16.7. The summed E-state index contributed by atoms with van der Waals surface area (Å²) >= 11 is 0. The van der Waals surface area contributed by atoms with Crippen LogP contribution < -0.4 is 4.98 Å². The van der Waals surface area contributed by atoms with Gasteiger partial charge >= 0.3 is 0 Å². The highest BCUT2D eigenvalue weighted by molar-refractivity contribution is 6.77. The fourth-order valence-electron chi connectivity index (χ4n) is 3.88. The minimum atomic E-state index is -1.62. The molecule has 0 fully saturated rings. The number of fused-ring (bicyclic) bond motifs is 1. The average molecular weight is 322 g/mol. The first-order valence-corrected chi connectivity index (χ1v) is 11.5. The van der Waals surface area contributed by atoms with Crippen molar-refractivity contribution in [2.24, 2.45) is 0 Å². The van der Waals surface area contributed by atoms with Gasteiger partial charge in [-0.15, -0.1) is 0 Å². The van der Waals surface area contributed by atoms with Crippen molar-refractivity contribution >= 4 is 14.3 Å². The van der Waals surface area contributed by atoms with Gasteiger partial charge in [0, 0.05) is 11.1 Å². The average Bonchev–Trinajstić information content (AvgIpc) is 2.90.